The van der Waals surface area contributed by atoms with Crippen LogP contribution >= 0.6 is 11.3 Å². The van der Waals surface area contributed by atoms with Gasteiger partial charge in [0.05, 0.1) is 12.3 Å². The highest BCUT2D eigenvalue weighted by Gasteiger charge is 2.16. The summed E-state index contributed by atoms with van der Waals surface area (Å²) in [5, 5.41) is 4.03. The number of amides is 1. The van der Waals surface area contributed by atoms with Gasteiger partial charge in [0.1, 0.15) is 5.75 Å². The first-order valence-electron chi connectivity index (χ1n) is 8.43. The molecule has 0 saturated heterocycles. The molecular formula is C19H22N2O2S. The predicted molar refractivity (Wildman–Crippen MR) is 98.1 cm³/mol. The summed E-state index contributed by atoms with van der Waals surface area (Å²) in [5.41, 5.74) is 3.14. The minimum atomic E-state index is -0.217. The third kappa shape index (κ3) is 4.45. The maximum absolute atomic E-state index is 12.1. The van der Waals surface area contributed by atoms with Crippen LogP contribution in [-0.2, 0) is 6.42 Å². The molecule has 1 saturated carbocycles. The molecule has 1 aromatic carbocycles. The summed E-state index contributed by atoms with van der Waals surface area (Å²) in [6.45, 7) is 2.12. The van der Waals surface area contributed by atoms with Crippen LogP contribution in [0.4, 0.5) is 0 Å². The molecule has 3 rings (SSSR count). The smallest absolute Gasteiger partial charge is 0.271 e. The summed E-state index contributed by atoms with van der Waals surface area (Å²) >= 11 is 1.68. The third-order valence-electron chi connectivity index (χ3n) is 4.11. The van der Waals surface area contributed by atoms with E-state index in [4.69, 9.17) is 4.74 Å². The molecular weight excluding hydrogens is 320 g/mol. The Morgan fingerprint density at radius 3 is 2.67 bits per heavy atom. The van der Waals surface area contributed by atoms with E-state index in [0.29, 0.717) is 11.7 Å². The van der Waals surface area contributed by atoms with E-state index in [0.717, 1.165) is 29.9 Å². The van der Waals surface area contributed by atoms with Crippen molar-refractivity contribution in [3.63, 3.8) is 0 Å². The number of rotatable bonds is 6. The van der Waals surface area contributed by atoms with E-state index in [1.165, 1.54) is 17.7 Å². The monoisotopic (exact) mass is 342 g/mol. The van der Waals surface area contributed by atoms with Crippen LogP contribution in [0.1, 0.15) is 52.7 Å². The lowest BCUT2D eigenvalue weighted by atomic mass is 10.2. The number of thiophene rings is 1. The van der Waals surface area contributed by atoms with Crippen molar-refractivity contribution in [1.29, 1.82) is 0 Å². The van der Waals surface area contributed by atoms with Gasteiger partial charge in [0.25, 0.3) is 5.91 Å². The van der Waals surface area contributed by atoms with Gasteiger partial charge in [-0.25, -0.2) is 5.43 Å². The Kier molecular flexibility index (Phi) is 5.64. The molecule has 1 fully saturated rings. The fourth-order valence-corrected chi connectivity index (χ4v) is 3.58. The number of carbonyl (C=O) groups excluding carboxylic acids is 1. The number of benzene rings is 1. The Bertz CT molecular complexity index is 700. The average molecular weight is 342 g/mol. The number of nitrogens with one attached hydrogen (secondary N) is 1. The molecule has 2 aromatic rings. The third-order valence-corrected chi connectivity index (χ3v) is 5.27. The van der Waals surface area contributed by atoms with Crippen molar-refractivity contribution in [2.45, 2.75) is 45.1 Å². The van der Waals surface area contributed by atoms with Crippen molar-refractivity contribution in [2.75, 3.05) is 0 Å². The van der Waals surface area contributed by atoms with Gasteiger partial charge in [-0.3, -0.25) is 4.79 Å². The van der Waals surface area contributed by atoms with Crippen molar-refractivity contribution in [2.24, 2.45) is 5.10 Å². The first kappa shape index (κ1) is 16.7. The Hall–Kier alpha value is -2.14. The van der Waals surface area contributed by atoms with Gasteiger partial charge >= 0.3 is 0 Å². The number of hydrogen-bond acceptors (Lipinski definition) is 4. The number of nitrogens with zero attached hydrogens (tertiary/aromatic N) is 1. The molecule has 0 aliphatic heterocycles. The van der Waals surface area contributed by atoms with Crippen LogP contribution in [-0.4, -0.2) is 18.2 Å². The van der Waals surface area contributed by atoms with E-state index < -0.39 is 0 Å². The first-order chi connectivity index (χ1) is 11.7. The molecule has 24 heavy (non-hydrogen) atoms. The first-order valence-corrected chi connectivity index (χ1v) is 9.25. The molecule has 0 bridgehead atoms. The summed E-state index contributed by atoms with van der Waals surface area (Å²) in [6, 6.07) is 11.3. The molecule has 1 aromatic heterocycles. The lowest BCUT2D eigenvalue weighted by Gasteiger charge is -2.12. The molecule has 1 amide bonds. The number of carbonyl (C=O) groups is 1. The minimum absolute atomic E-state index is 0.217. The van der Waals surface area contributed by atoms with E-state index in [2.05, 4.69) is 23.5 Å². The Balaban J connectivity index is 1.52. The number of aryl methyl sites for hydroxylation is 1. The van der Waals surface area contributed by atoms with Crippen LogP contribution < -0.4 is 10.2 Å². The number of ether oxygens (including phenoxy) is 1. The number of hydrogen-bond donors (Lipinski definition) is 1. The van der Waals surface area contributed by atoms with Crippen LogP contribution in [0.15, 0.2) is 41.5 Å². The second kappa shape index (κ2) is 8.11. The Labute approximate surface area is 146 Å². The quantitative estimate of drug-likeness (QED) is 0.625. The largest absolute Gasteiger partial charge is 0.490 e. The van der Waals surface area contributed by atoms with Gasteiger partial charge in [-0.05, 0) is 68.5 Å². The van der Waals surface area contributed by atoms with Crippen LogP contribution in [0.3, 0.4) is 0 Å². The van der Waals surface area contributed by atoms with E-state index in [9.17, 15) is 4.79 Å². The molecule has 0 spiro atoms. The van der Waals surface area contributed by atoms with E-state index in [1.807, 2.05) is 18.2 Å². The highest BCUT2D eigenvalue weighted by molar-refractivity contribution is 7.13. The maximum Gasteiger partial charge on any atom is 0.271 e. The zero-order chi connectivity index (χ0) is 16.8. The Morgan fingerprint density at radius 2 is 2.00 bits per heavy atom. The van der Waals surface area contributed by atoms with Crippen LogP contribution in [0, 0.1) is 0 Å². The van der Waals surface area contributed by atoms with Crippen LogP contribution in [0.25, 0.3) is 0 Å². The van der Waals surface area contributed by atoms with Crippen molar-refractivity contribution >= 4 is 23.5 Å². The number of hydrazone groups is 1. The molecule has 126 valence electrons. The summed E-state index contributed by atoms with van der Waals surface area (Å²) in [5.74, 6) is 0.610. The van der Waals surface area contributed by atoms with Crippen molar-refractivity contribution in [1.82, 2.24) is 5.43 Å². The van der Waals surface area contributed by atoms with Crippen LogP contribution in [0.5, 0.6) is 5.75 Å². The maximum atomic E-state index is 12.1. The lowest BCUT2D eigenvalue weighted by Crippen LogP contribution is -2.17. The summed E-state index contributed by atoms with van der Waals surface area (Å²) in [6.07, 6.45) is 7.76. The molecule has 1 aliphatic carbocycles. The van der Waals surface area contributed by atoms with Crippen molar-refractivity contribution in [3.05, 3.63) is 51.7 Å². The molecule has 1 heterocycles. The second-order valence-electron chi connectivity index (χ2n) is 5.91. The van der Waals surface area contributed by atoms with Gasteiger partial charge in [-0.1, -0.05) is 6.92 Å². The summed E-state index contributed by atoms with van der Waals surface area (Å²) < 4.78 is 5.90. The van der Waals surface area contributed by atoms with Crippen LogP contribution in [0.2, 0.25) is 0 Å². The standard InChI is InChI=1S/C19H22N2O2S/c1-2-17-11-12-18(24-17)13-20-21-19(22)14-7-9-16(10-8-14)23-15-5-3-4-6-15/h7-13,15H,2-6H2,1H3,(H,21,22). The zero-order valence-corrected chi connectivity index (χ0v) is 14.6. The fourth-order valence-electron chi connectivity index (χ4n) is 2.76. The molecule has 1 N–H and O–H groups in total. The van der Waals surface area contributed by atoms with Gasteiger partial charge in [0, 0.05) is 15.3 Å². The van der Waals surface area contributed by atoms with Crippen molar-refractivity contribution in [3.8, 4) is 5.75 Å². The fraction of sp³-hybridized carbons (Fsp3) is 0.368. The second-order valence-corrected chi connectivity index (χ2v) is 7.11. The molecule has 0 unspecified atom stereocenters. The minimum Gasteiger partial charge on any atom is -0.490 e. The van der Waals surface area contributed by atoms with Gasteiger partial charge in [0.2, 0.25) is 0 Å². The molecule has 0 atom stereocenters. The van der Waals surface area contributed by atoms with Gasteiger partial charge in [-0.15, -0.1) is 11.3 Å². The van der Waals surface area contributed by atoms with Gasteiger partial charge in [0.15, 0.2) is 0 Å². The highest BCUT2D eigenvalue weighted by Crippen LogP contribution is 2.24. The van der Waals surface area contributed by atoms with E-state index >= 15 is 0 Å². The predicted octanol–water partition coefficient (Wildman–Crippen LogP) is 4.40. The zero-order valence-electron chi connectivity index (χ0n) is 13.8. The van der Waals surface area contributed by atoms with E-state index in [-0.39, 0.29) is 5.91 Å². The average Bonchev–Trinajstić information content (AvgIpc) is 3.27. The molecule has 5 heteroatoms. The SMILES string of the molecule is CCc1ccc(C=NNC(=O)c2ccc(OC3CCCC3)cc2)s1. The topological polar surface area (TPSA) is 50.7 Å². The Morgan fingerprint density at radius 1 is 1.25 bits per heavy atom. The van der Waals surface area contributed by atoms with Crippen molar-refractivity contribution < 1.29 is 9.53 Å². The molecule has 4 nitrogen and oxygen atoms in total. The molecule has 1 aliphatic rings. The van der Waals surface area contributed by atoms with Gasteiger partial charge in [-0.2, -0.15) is 5.10 Å². The summed E-state index contributed by atoms with van der Waals surface area (Å²) in [7, 11) is 0. The molecule has 0 radical (unpaired) electrons. The summed E-state index contributed by atoms with van der Waals surface area (Å²) in [4.78, 5) is 14.4. The highest BCUT2D eigenvalue weighted by atomic mass is 32.1. The van der Waals surface area contributed by atoms with Gasteiger partial charge < -0.3 is 4.74 Å². The lowest BCUT2D eigenvalue weighted by molar-refractivity contribution is 0.0955. The normalized spacial score (nSPS) is 15.0. The van der Waals surface area contributed by atoms with E-state index in [1.54, 1.807) is 29.7 Å².